The zero-order valence-electron chi connectivity index (χ0n) is 15.8. The van der Waals surface area contributed by atoms with Crippen molar-refractivity contribution < 1.29 is 4.74 Å². The highest BCUT2D eigenvalue weighted by Gasteiger charge is 2.40. The van der Waals surface area contributed by atoms with E-state index in [1.165, 1.54) is 15.7 Å². The number of fused-ring (bicyclic) bond motifs is 4. The third kappa shape index (κ3) is 2.61. The largest absolute Gasteiger partial charge is 0.496 e. The van der Waals surface area contributed by atoms with Crippen molar-refractivity contribution in [3.8, 4) is 5.75 Å². The number of H-pyrrole nitrogens is 2. The predicted octanol–water partition coefficient (Wildman–Crippen LogP) is 1.73. The summed E-state index contributed by atoms with van der Waals surface area (Å²) in [5, 5.41) is 4.17. The minimum Gasteiger partial charge on any atom is -0.496 e. The highest BCUT2D eigenvalue weighted by atomic mass is 16.5. The van der Waals surface area contributed by atoms with E-state index in [9.17, 15) is 9.59 Å². The van der Waals surface area contributed by atoms with Crippen molar-refractivity contribution in [2.24, 2.45) is 5.92 Å². The van der Waals surface area contributed by atoms with Crippen molar-refractivity contribution in [1.82, 2.24) is 19.9 Å². The molecule has 7 nitrogen and oxygen atoms in total. The standard InChI is InChI=1S/C21H24N4O3/c1-28-18-4-2-3-12-14(18)6-5-13-16(12)11-23-17(13)8-10-25-20(26)15-7-9-22-19(15)24-21(25)27/h2-4,7,9,13,16-17,22-23H,5-6,8,10-11H2,1H3,(H,24,27)/t13-,16+,17?/m1/s1. The second kappa shape index (κ2) is 6.67. The van der Waals surface area contributed by atoms with Crippen LogP contribution in [0.4, 0.5) is 0 Å². The molecule has 0 spiro atoms. The predicted molar refractivity (Wildman–Crippen MR) is 107 cm³/mol. The summed E-state index contributed by atoms with van der Waals surface area (Å²) in [5.74, 6) is 1.97. The van der Waals surface area contributed by atoms with Crippen molar-refractivity contribution in [2.75, 3.05) is 13.7 Å². The van der Waals surface area contributed by atoms with Gasteiger partial charge in [-0.3, -0.25) is 14.3 Å². The van der Waals surface area contributed by atoms with Gasteiger partial charge < -0.3 is 15.0 Å². The van der Waals surface area contributed by atoms with Crippen LogP contribution in [0.15, 0.2) is 40.1 Å². The number of rotatable bonds is 4. The van der Waals surface area contributed by atoms with Gasteiger partial charge in [-0.25, -0.2) is 4.79 Å². The summed E-state index contributed by atoms with van der Waals surface area (Å²) in [5.41, 5.74) is 2.62. The molecule has 0 radical (unpaired) electrons. The Hall–Kier alpha value is -2.80. The van der Waals surface area contributed by atoms with Gasteiger partial charge in [0.25, 0.3) is 5.56 Å². The van der Waals surface area contributed by atoms with Gasteiger partial charge in [-0.2, -0.15) is 0 Å². The monoisotopic (exact) mass is 380 g/mol. The molecule has 1 fully saturated rings. The van der Waals surface area contributed by atoms with E-state index in [1.54, 1.807) is 19.4 Å². The first kappa shape index (κ1) is 17.3. The molecule has 1 aliphatic carbocycles. The van der Waals surface area contributed by atoms with Crippen LogP contribution < -0.4 is 21.3 Å². The van der Waals surface area contributed by atoms with Gasteiger partial charge in [0, 0.05) is 31.2 Å². The molecular formula is C21H24N4O3. The lowest BCUT2D eigenvalue weighted by Crippen LogP contribution is -2.38. The van der Waals surface area contributed by atoms with Crippen molar-refractivity contribution in [3.05, 3.63) is 62.4 Å². The van der Waals surface area contributed by atoms with Crippen LogP contribution in [-0.2, 0) is 13.0 Å². The van der Waals surface area contributed by atoms with Crippen LogP contribution in [0.5, 0.6) is 5.75 Å². The number of hydrogen-bond donors (Lipinski definition) is 3. The molecule has 28 heavy (non-hydrogen) atoms. The zero-order chi connectivity index (χ0) is 19.3. The summed E-state index contributed by atoms with van der Waals surface area (Å²) in [6.07, 6.45) is 4.54. The van der Waals surface area contributed by atoms with E-state index in [2.05, 4.69) is 27.4 Å². The highest BCUT2D eigenvalue weighted by Crippen LogP contribution is 2.44. The Morgan fingerprint density at radius 3 is 3.00 bits per heavy atom. The number of hydrogen-bond acceptors (Lipinski definition) is 4. The molecule has 2 aliphatic rings. The molecular weight excluding hydrogens is 356 g/mol. The van der Waals surface area contributed by atoms with Gasteiger partial charge in [0.2, 0.25) is 0 Å². The van der Waals surface area contributed by atoms with Crippen molar-refractivity contribution in [2.45, 2.75) is 37.8 Å². The fraction of sp³-hybridized carbons (Fsp3) is 0.429. The smallest absolute Gasteiger partial charge is 0.329 e. The second-order valence-electron chi connectivity index (χ2n) is 7.79. The maximum Gasteiger partial charge on any atom is 0.329 e. The van der Waals surface area contributed by atoms with Crippen LogP contribution in [0.1, 0.15) is 29.9 Å². The average molecular weight is 380 g/mol. The van der Waals surface area contributed by atoms with Gasteiger partial charge in [-0.05, 0) is 48.4 Å². The van der Waals surface area contributed by atoms with Crippen LogP contribution in [0, 0.1) is 5.92 Å². The molecule has 1 saturated heterocycles. The van der Waals surface area contributed by atoms with Crippen molar-refractivity contribution in [3.63, 3.8) is 0 Å². The summed E-state index contributed by atoms with van der Waals surface area (Å²) < 4.78 is 6.87. The van der Waals surface area contributed by atoms with E-state index < -0.39 is 0 Å². The molecule has 3 heterocycles. The maximum absolute atomic E-state index is 12.6. The number of methoxy groups -OCH3 is 1. The van der Waals surface area contributed by atoms with E-state index in [4.69, 9.17) is 4.74 Å². The second-order valence-corrected chi connectivity index (χ2v) is 7.79. The Kier molecular flexibility index (Phi) is 4.12. The number of nitrogens with one attached hydrogen (secondary N) is 3. The third-order valence-electron chi connectivity index (χ3n) is 6.51. The minimum absolute atomic E-state index is 0.228. The SMILES string of the molecule is COc1cccc2c1CC[C@H]1C(CCn3c(=O)[nH]c4[nH]ccc4c3=O)NC[C@@H]21. The first-order valence-electron chi connectivity index (χ1n) is 9.86. The number of aromatic amines is 2. The Morgan fingerprint density at radius 2 is 2.14 bits per heavy atom. The van der Waals surface area contributed by atoms with Crippen molar-refractivity contribution in [1.29, 1.82) is 0 Å². The molecule has 3 aromatic rings. The van der Waals surface area contributed by atoms with E-state index in [0.717, 1.165) is 31.6 Å². The molecule has 1 aromatic carbocycles. The summed E-state index contributed by atoms with van der Waals surface area (Å²) in [4.78, 5) is 30.6. The molecule has 146 valence electrons. The molecule has 2 aromatic heterocycles. The minimum atomic E-state index is -0.353. The molecule has 7 heteroatoms. The Morgan fingerprint density at radius 1 is 1.25 bits per heavy atom. The summed E-state index contributed by atoms with van der Waals surface area (Å²) in [7, 11) is 1.73. The topological polar surface area (TPSA) is 91.9 Å². The van der Waals surface area contributed by atoms with Crippen LogP contribution >= 0.6 is 0 Å². The van der Waals surface area contributed by atoms with E-state index >= 15 is 0 Å². The molecule has 1 unspecified atom stereocenters. The number of aromatic nitrogens is 3. The molecule has 3 N–H and O–H groups in total. The van der Waals surface area contributed by atoms with E-state index in [0.29, 0.717) is 35.5 Å². The lowest BCUT2D eigenvalue weighted by atomic mass is 9.74. The number of benzene rings is 1. The lowest BCUT2D eigenvalue weighted by Gasteiger charge is -2.31. The first-order valence-corrected chi connectivity index (χ1v) is 9.86. The zero-order valence-corrected chi connectivity index (χ0v) is 15.8. The molecule has 1 aliphatic heterocycles. The van der Waals surface area contributed by atoms with Gasteiger partial charge >= 0.3 is 5.69 Å². The first-order chi connectivity index (χ1) is 13.7. The third-order valence-corrected chi connectivity index (χ3v) is 6.51. The highest BCUT2D eigenvalue weighted by molar-refractivity contribution is 5.73. The number of nitrogens with zero attached hydrogens (tertiary/aromatic N) is 1. The van der Waals surface area contributed by atoms with Gasteiger partial charge in [0.1, 0.15) is 11.4 Å². The maximum atomic E-state index is 12.6. The van der Waals surface area contributed by atoms with Crippen LogP contribution in [0.2, 0.25) is 0 Å². The summed E-state index contributed by atoms with van der Waals surface area (Å²) in [6.45, 7) is 1.35. The summed E-state index contributed by atoms with van der Waals surface area (Å²) >= 11 is 0. The van der Waals surface area contributed by atoms with Crippen molar-refractivity contribution >= 4 is 11.0 Å². The molecule has 5 rings (SSSR count). The molecule has 0 bridgehead atoms. The summed E-state index contributed by atoms with van der Waals surface area (Å²) in [6, 6.07) is 8.33. The fourth-order valence-corrected chi connectivity index (χ4v) is 5.15. The van der Waals surface area contributed by atoms with E-state index in [-0.39, 0.29) is 11.2 Å². The van der Waals surface area contributed by atoms with Gasteiger partial charge in [-0.15, -0.1) is 0 Å². The van der Waals surface area contributed by atoms with Gasteiger partial charge in [0.15, 0.2) is 0 Å². The van der Waals surface area contributed by atoms with Crippen LogP contribution in [-0.4, -0.2) is 34.2 Å². The Balaban J connectivity index is 1.37. The number of ether oxygens (including phenoxy) is 1. The normalized spacial score (nSPS) is 23.5. The fourth-order valence-electron chi connectivity index (χ4n) is 5.15. The van der Waals surface area contributed by atoms with Crippen LogP contribution in [0.3, 0.4) is 0 Å². The van der Waals surface area contributed by atoms with Gasteiger partial charge in [-0.1, -0.05) is 12.1 Å². The Bertz CT molecular complexity index is 1140. The molecule has 3 atom stereocenters. The molecule has 0 amide bonds. The molecule has 0 saturated carbocycles. The van der Waals surface area contributed by atoms with Gasteiger partial charge in [0.05, 0.1) is 12.5 Å². The quantitative estimate of drug-likeness (QED) is 0.643. The Labute approximate surface area is 161 Å². The average Bonchev–Trinajstić information content (AvgIpc) is 3.34. The van der Waals surface area contributed by atoms with E-state index in [1.807, 2.05) is 6.07 Å². The van der Waals surface area contributed by atoms with Crippen LogP contribution in [0.25, 0.3) is 11.0 Å². The lowest BCUT2D eigenvalue weighted by molar-refractivity contribution is 0.337.